The molecule has 10 heteroatoms. The molecule has 29 heavy (non-hydrogen) atoms. The summed E-state index contributed by atoms with van der Waals surface area (Å²) in [6.07, 6.45) is 0.380. The number of sulfonamides is 1. The van der Waals surface area contributed by atoms with E-state index >= 15 is 0 Å². The molecule has 2 amide bonds. The molecule has 0 aliphatic carbocycles. The number of benzene rings is 2. The fraction of sp³-hybridized carbons (Fsp3) is 0.263. The van der Waals surface area contributed by atoms with Gasteiger partial charge in [0.1, 0.15) is 11.8 Å². The van der Waals surface area contributed by atoms with Crippen molar-refractivity contribution in [3.05, 3.63) is 53.1 Å². The minimum Gasteiger partial charge on any atom is -0.496 e. The van der Waals surface area contributed by atoms with Crippen molar-refractivity contribution in [2.75, 3.05) is 26.0 Å². The van der Waals surface area contributed by atoms with E-state index in [2.05, 4.69) is 10.0 Å². The van der Waals surface area contributed by atoms with Crippen LogP contribution in [-0.2, 0) is 14.8 Å². The molecule has 0 bridgehead atoms. The zero-order valence-electron chi connectivity index (χ0n) is 15.8. The maximum atomic E-state index is 12.8. The number of para-hydroxylation sites is 1. The van der Waals surface area contributed by atoms with E-state index in [0.717, 1.165) is 0 Å². The standard InChI is InChI=1S/C19H20ClN3O5S/c1-23-10-9-16(19(23)25)22-29(26,27)12-7-8-17(28-2)13(11-12)18(24)21-15-6-4-3-5-14(15)20/h3-8,11,16,22H,9-10H2,1-2H3,(H,21,24)/t16-/m1/s1. The molecule has 2 aromatic carbocycles. The Morgan fingerprint density at radius 2 is 1.97 bits per heavy atom. The predicted octanol–water partition coefficient (Wildman–Crippen LogP) is 2.11. The first-order valence-corrected chi connectivity index (χ1v) is 10.6. The number of rotatable bonds is 6. The van der Waals surface area contributed by atoms with Gasteiger partial charge in [-0.3, -0.25) is 9.59 Å². The number of halogens is 1. The smallest absolute Gasteiger partial charge is 0.259 e. The summed E-state index contributed by atoms with van der Waals surface area (Å²) in [7, 11) is -1.03. The number of amides is 2. The fourth-order valence-corrected chi connectivity index (χ4v) is 4.40. The van der Waals surface area contributed by atoms with Crippen molar-refractivity contribution in [1.82, 2.24) is 9.62 Å². The first kappa shape index (κ1) is 21.1. The highest BCUT2D eigenvalue weighted by molar-refractivity contribution is 7.89. The van der Waals surface area contributed by atoms with E-state index in [1.54, 1.807) is 31.3 Å². The van der Waals surface area contributed by atoms with Gasteiger partial charge in [0.15, 0.2) is 0 Å². The number of carbonyl (C=O) groups is 2. The second-order valence-corrected chi connectivity index (χ2v) is 8.64. The maximum Gasteiger partial charge on any atom is 0.259 e. The molecule has 1 aliphatic rings. The third kappa shape index (κ3) is 4.52. The number of hydrogen-bond donors (Lipinski definition) is 2. The number of anilines is 1. The van der Waals surface area contributed by atoms with Gasteiger partial charge in [0.05, 0.1) is 28.3 Å². The van der Waals surface area contributed by atoms with Crippen molar-refractivity contribution in [2.45, 2.75) is 17.4 Å². The Balaban J connectivity index is 1.89. The number of nitrogens with one attached hydrogen (secondary N) is 2. The van der Waals surface area contributed by atoms with E-state index in [1.165, 1.54) is 30.2 Å². The van der Waals surface area contributed by atoms with Gasteiger partial charge in [0.2, 0.25) is 15.9 Å². The number of methoxy groups -OCH3 is 1. The summed E-state index contributed by atoms with van der Waals surface area (Å²) in [5.74, 6) is -0.673. The van der Waals surface area contributed by atoms with Gasteiger partial charge < -0.3 is 15.0 Å². The number of carbonyl (C=O) groups excluding carboxylic acids is 2. The Labute approximate surface area is 173 Å². The molecule has 3 rings (SSSR count). The Bertz CT molecular complexity index is 1060. The molecule has 154 valence electrons. The van der Waals surface area contributed by atoms with E-state index in [1.807, 2.05) is 0 Å². The van der Waals surface area contributed by atoms with E-state index in [-0.39, 0.29) is 22.1 Å². The van der Waals surface area contributed by atoms with Crippen LogP contribution < -0.4 is 14.8 Å². The number of ether oxygens (including phenoxy) is 1. The normalized spacial score (nSPS) is 16.7. The number of likely N-dealkylation sites (N-methyl/N-ethyl adjacent to an activating group) is 1. The van der Waals surface area contributed by atoms with Crippen LogP contribution >= 0.6 is 11.6 Å². The SMILES string of the molecule is COc1ccc(S(=O)(=O)N[C@@H]2CCN(C)C2=O)cc1C(=O)Nc1ccccc1Cl. The topological polar surface area (TPSA) is 105 Å². The molecule has 0 radical (unpaired) electrons. The molecule has 0 unspecified atom stereocenters. The van der Waals surface area contributed by atoms with Gasteiger partial charge in [-0.15, -0.1) is 0 Å². The molecule has 8 nitrogen and oxygen atoms in total. The van der Waals surface area contributed by atoms with Gasteiger partial charge in [-0.25, -0.2) is 8.42 Å². The summed E-state index contributed by atoms with van der Waals surface area (Å²) < 4.78 is 33.1. The van der Waals surface area contributed by atoms with Crippen LogP contribution in [0.3, 0.4) is 0 Å². The van der Waals surface area contributed by atoms with Crippen molar-refractivity contribution in [2.24, 2.45) is 0 Å². The summed E-state index contributed by atoms with van der Waals surface area (Å²) in [5, 5.41) is 2.98. The molecular weight excluding hydrogens is 418 g/mol. The first-order valence-electron chi connectivity index (χ1n) is 8.74. The van der Waals surface area contributed by atoms with Crippen molar-refractivity contribution >= 4 is 39.1 Å². The lowest BCUT2D eigenvalue weighted by atomic mass is 10.2. The second kappa shape index (κ2) is 8.40. The van der Waals surface area contributed by atoms with E-state index in [4.69, 9.17) is 16.3 Å². The summed E-state index contributed by atoms with van der Waals surface area (Å²) >= 11 is 6.07. The molecule has 1 atom stereocenters. The van der Waals surface area contributed by atoms with Gasteiger partial charge in [0, 0.05) is 13.6 Å². The largest absolute Gasteiger partial charge is 0.496 e. The van der Waals surface area contributed by atoms with Gasteiger partial charge in [0.25, 0.3) is 5.91 Å². The highest BCUT2D eigenvalue weighted by Crippen LogP contribution is 2.26. The van der Waals surface area contributed by atoms with Crippen LogP contribution in [0.15, 0.2) is 47.4 Å². The molecule has 1 saturated heterocycles. The monoisotopic (exact) mass is 437 g/mol. The number of nitrogens with zero attached hydrogens (tertiary/aromatic N) is 1. The van der Waals surface area contributed by atoms with Gasteiger partial charge >= 0.3 is 0 Å². The van der Waals surface area contributed by atoms with E-state index in [0.29, 0.717) is 23.7 Å². The summed E-state index contributed by atoms with van der Waals surface area (Å²) in [6.45, 7) is 0.472. The zero-order chi connectivity index (χ0) is 21.2. The molecule has 1 heterocycles. The van der Waals surface area contributed by atoms with Gasteiger partial charge in [-0.05, 0) is 36.8 Å². The molecule has 0 aromatic heterocycles. The Hall–Kier alpha value is -2.62. The molecule has 1 fully saturated rings. The Morgan fingerprint density at radius 3 is 2.59 bits per heavy atom. The number of hydrogen-bond acceptors (Lipinski definition) is 5. The maximum absolute atomic E-state index is 12.8. The van der Waals surface area contributed by atoms with Crippen molar-refractivity contribution in [3.63, 3.8) is 0 Å². The van der Waals surface area contributed by atoms with Crippen molar-refractivity contribution in [3.8, 4) is 5.75 Å². The lowest BCUT2D eigenvalue weighted by Gasteiger charge is -2.15. The van der Waals surface area contributed by atoms with Crippen molar-refractivity contribution in [1.29, 1.82) is 0 Å². The molecule has 1 aliphatic heterocycles. The van der Waals surface area contributed by atoms with Crippen LogP contribution in [0.5, 0.6) is 5.75 Å². The average Bonchev–Trinajstić information content (AvgIpc) is 3.00. The van der Waals surface area contributed by atoms with Crippen LogP contribution in [0.25, 0.3) is 0 Å². The first-order chi connectivity index (χ1) is 13.7. The quantitative estimate of drug-likeness (QED) is 0.720. The van der Waals surface area contributed by atoms with Crippen LogP contribution in [0.2, 0.25) is 5.02 Å². The summed E-state index contributed by atoms with van der Waals surface area (Å²) in [5.41, 5.74) is 0.400. The minimum atomic E-state index is -4.02. The summed E-state index contributed by atoms with van der Waals surface area (Å²) in [6, 6.07) is 9.75. The lowest BCUT2D eigenvalue weighted by Crippen LogP contribution is -2.40. The van der Waals surface area contributed by atoms with Gasteiger partial charge in [-0.2, -0.15) is 4.72 Å². The van der Waals surface area contributed by atoms with E-state index < -0.39 is 22.0 Å². The minimum absolute atomic E-state index is 0.0187. The Kier molecular flexibility index (Phi) is 6.11. The molecular formula is C19H20ClN3O5S. The number of likely N-dealkylation sites (tertiary alicyclic amines) is 1. The van der Waals surface area contributed by atoms with E-state index in [9.17, 15) is 18.0 Å². The second-order valence-electron chi connectivity index (χ2n) is 6.52. The molecule has 0 saturated carbocycles. The average molecular weight is 438 g/mol. The van der Waals surface area contributed by atoms with Crippen LogP contribution in [0.1, 0.15) is 16.8 Å². The summed E-state index contributed by atoms with van der Waals surface area (Å²) in [4.78, 5) is 26.1. The van der Waals surface area contributed by atoms with Crippen LogP contribution in [0, 0.1) is 0 Å². The fourth-order valence-electron chi connectivity index (χ4n) is 2.97. The van der Waals surface area contributed by atoms with Gasteiger partial charge in [-0.1, -0.05) is 23.7 Å². The third-order valence-corrected chi connectivity index (χ3v) is 6.37. The third-order valence-electron chi connectivity index (χ3n) is 4.57. The lowest BCUT2D eigenvalue weighted by molar-refractivity contribution is -0.127. The molecule has 2 N–H and O–H groups in total. The zero-order valence-corrected chi connectivity index (χ0v) is 17.4. The van der Waals surface area contributed by atoms with Crippen molar-refractivity contribution < 1.29 is 22.7 Å². The van der Waals surface area contributed by atoms with Crippen LogP contribution in [-0.4, -0.2) is 51.9 Å². The highest BCUT2D eigenvalue weighted by Gasteiger charge is 2.33. The molecule has 2 aromatic rings. The predicted molar refractivity (Wildman–Crippen MR) is 109 cm³/mol. The Morgan fingerprint density at radius 1 is 1.24 bits per heavy atom. The van der Waals surface area contributed by atoms with Crippen LogP contribution in [0.4, 0.5) is 5.69 Å². The highest BCUT2D eigenvalue weighted by atomic mass is 35.5. The molecule has 0 spiro atoms.